The van der Waals surface area contributed by atoms with Gasteiger partial charge in [0, 0.05) is 53.6 Å². The minimum absolute atomic E-state index is 0.0494. The number of halogens is 1. The van der Waals surface area contributed by atoms with Gasteiger partial charge in [0.25, 0.3) is 0 Å². The number of fused-ring (bicyclic) bond motifs is 2. The van der Waals surface area contributed by atoms with E-state index in [1.165, 1.54) is 12.1 Å². The van der Waals surface area contributed by atoms with Crippen LogP contribution in [0.15, 0.2) is 67.3 Å². The molecule has 1 saturated carbocycles. The van der Waals surface area contributed by atoms with Crippen LogP contribution < -0.4 is 21.3 Å². The van der Waals surface area contributed by atoms with E-state index in [9.17, 15) is 9.18 Å². The van der Waals surface area contributed by atoms with Gasteiger partial charge in [-0.2, -0.15) is 5.10 Å². The SMILES string of the molecule is CN(C)CCNc1cc(F)cc(-c2cncc3c2NC(c2n[nH]c4ccc(-c5cncc(NC(=O)C6CC6)c5)cc24)N3)c1. The lowest BCUT2D eigenvalue weighted by Gasteiger charge is -2.14. The predicted molar refractivity (Wildman–Crippen MR) is 167 cm³/mol. The summed E-state index contributed by atoms with van der Waals surface area (Å²) in [5.41, 5.74) is 8.09. The molecule has 1 unspecified atom stereocenters. The van der Waals surface area contributed by atoms with Gasteiger partial charge in [0.15, 0.2) is 0 Å². The summed E-state index contributed by atoms with van der Waals surface area (Å²) in [6.07, 6.45) is 8.52. The molecule has 1 aliphatic heterocycles. The highest BCUT2D eigenvalue weighted by Gasteiger charge is 2.30. The van der Waals surface area contributed by atoms with Crippen molar-refractivity contribution in [2.24, 2.45) is 5.92 Å². The Morgan fingerprint density at radius 3 is 2.63 bits per heavy atom. The van der Waals surface area contributed by atoms with E-state index in [1.807, 2.05) is 38.4 Å². The molecule has 2 aromatic carbocycles. The number of anilines is 4. The second-order valence-electron chi connectivity index (χ2n) is 11.4. The van der Waals surface area contributed by atoms with Gasteiger partial charge < -0.3 is 26.2 Å². The first-order valence-corrected chi connectivity index (χ1v) is 14.4. The maximum Gasteiger partial charge on any atom is 0.227 e. The van der Waals surface area contributed by atoms with Crippen molar-refractivity contribution in [3.05, 3.63) is 78.8 Å². The van der Waals surface area contributed by atoms with Crippen LogP contribution in [-0.4, -0.2) is 58.2 Å². The average molecular weight is 578 g/mol. The van der Waals surface area contributed by atoms with Gasteiger partial charge in [0.1, 0.15) is 17.7 Å². The van der Waals surface area contributed by atoms with E-state index in [0.717, 1.165) is 69.6 Å². The average Bonchev–Trinajstić information content (AvgIpc) is 3.62. The van der Waals surface area contributed by atoms with Crippen LogP contribution in [-0.2, 0) is 4.79 Å². The summed E-state index contributed by atoms with van der Waals surface area (Å²) in [5.74, 6) is -0.151. The van der Waals surface area contributed by atoms with Gasteiger partial charge in [-0.25, -0.2) is 4.39 Å². The number of amides is 1. The molecule has 3 aromatic heterocycles. The molecule has 11 heteroatoms. The topological polar surface area (TPSA) is 123 Å². The van der Waals surface area contributed by atoms with Crippen LogP contribution in [0.4, 0.5) is 27.1 Å². The zero-order valence-corrected chi connectivity index (χ0v) is 23.9. The van der Waals surface area contributed by atoms with E-state index in [0.29, 0.717) is 17.9 Å². The normalized spacial score (nSPS) is 15.7. The molecular weight excluding hydrogens is 545 g/mol. The first kappa shape index (κ1) is 26.8. The Labute approximate surface area is 248 Å². The van der Waals surface area contributed by atoms with Crippen LogP contribution in [0.3, 0.4) is 0 Å². The zero-order valence-electron chi connectivity index (χ0n) is 23.9. The van der Waals surface area contributed by atoms with Crippen molar-refractivity contribution in [2.45, 2.75) is 19.0 Å². The minimum atomic E-state index is -0.338. The Morgan fingerprint density at radius 1 is 0.953 bits per heavy atom. The second-order valence-corrected chi connectivity index (χ2v) is 11.4. The number of H-pyrrole nitrogens is 1. The fraction of sp³-hybridized carbons (Fsp3) is 0.250. The first-order chi connectivity index (χ1) is 20.9. The molecule has 10 nitrogen and oxygen atoms in total. The molecule has 1 aliphatic carbocycles. The van der Waals surface area contributed by atoms with E-state index in [1.54, 1.807) is 24.8 Å². The summed E-state index contributed by atoms with van der Waals surface area (Å²) in [6.45, 7) is 1.53. The van der Waals surface area contributed by atoms with Crippen molar-refractivity contribution in [3.63, 3.8) is 0 Å². The fourth-order valence-corrected chi connectivity index (χ4v) is 5.38. The van der Waals surface area contributed by atoms with Crippen molar-refractivity contribution >= 4 is 39.6 Å². The Hall–Kier alpha value is -5.03. The van der Waals surface area contributed by atoms with Crippen molar-refractivity contribution in [1.82, 2.24) is 25.1 Å². The number of nitrogens with one attached hydrogen (secondary N) is 5. The van der Waals surface area contributed by atoms with Gasteiger partial charge in [0.2, 0.25) is 5.91 Å². The largest absolute Gasteiger partial charge is 0.384 e. The second kappa shape index (κ2) is 11.0. The molecule has 4 heterocycles. The highest BCUT2D eigenvalue weighted by Crippen LogP contribution is 2.43. The molecule has 1 amide bonds. The van der Waals surface area contributed by atoms with E-state index in [2.05, 4.69) is 52.4 Å². The molecule has 7 rings (SSSR count). The van der Waals surface area contributed by atoms with Crippen LogP contribution in [0.1, 0.15) is 24.7 Å². The highest BCUT2D eigenvalue weighted by molar-refractivity contribution is 5.95. The Morgan fingerprint density at radius 2 is 1.79 bits per heavy atom. The quantitative estimate of drug-likeness (QED) is 0.152. The number of aromatic amines is 1. The minimum Gasteiger partial charge on any atom is -0.384 e. The third-order valence-corrected chi connectivity index (χ3v) is 7.78. The van der Waals surface area contributed by atoms with Gasteiger partial charge >= 0.3 is 0 Å². The molecule has 218 valence electrons. The van der Waals surface area contributed by atoms with E-state index in [4.69, 9.17) is 0 Å². The van der Waals surface area contributed by atoms with Gasteiger partial charge in [-0.05, 0) is 74.5 Å². The number of benzene rings is 2. The predicted octanol–water partition coefficient (Wildman–Crippen LogP) is 5.68. The van der Waals surface area contributed by atoms with Crippen LogP contribution in [0, 0.1) is 11.7 Å². The standard InChI is InChI=1S/C32H32FN9O/c1-42(2)8-7-36-23-10-20(9-22(33)13-23)26-16-35-17-28-29(26)39-31(38-28)30-25-12-19(5-6-27(25)40-41-30)21-11-24(15-34-14-21)37-32(43)18-3-4-18/h5-6,9-18,31,36,38-39H,3-4,7-8H2,1-2H3,(H,37,43)(H,40,41). The Bertz CT molecular complexity index is 1830. The van der Waals surface area contributed by atoms with Crippen molar-refractivity contribution in [1.29, 1.82) is 0 Å². The summed E-state index contributed by atoms with van der Waals surface area (Å²) in [6, 6.07) is 13.0. The lowest BCUT2D eigenvalue weighted by atomic mass is 10.0. The zero-order chi connectivity index (χ0) is 29.5. The molecule has 0 radical (unpaired) electrons. The third-order valence-electron chi connectivity index (χ3n) is 7.78. The van der Waals surface area contributed by atoms with E-state index >= 15 is 0 Å². The van der Waals surface area contributed by atoms with Crippen LogP contribution in [0.25, 0.3) is 33.2 Å². The summed E-state index contributed by atoms with van der Waals surface area (Å²) in [4.78, 5) is 23.1. The Balaban J connectivity index is 1.16. The van der Waals surface area contributed by atoms with Gasteiger partial charge in [0.05, 0.1) is 35.0 Å². The van der Waals surface area contributed by atoms with E-state index < -0.39 is 0 Å². The number of carbonyl (C=O) groups is 1. The number of hydrogen-bond acceptors (Lipinski definition) is 8. The monoisotopic (exact) mass is 577 g/mol. The van der Waals surface area contributed by atoms with Gasteiger partial charge in [-0.15, -0.1) is 0 Å². The van der Waals surface area contributed by atoms with Crippen molar-refractivity contribution < 1.29 is 9.18 Å². The maximum absolute atomic E-state index is 14.7. The smallest absolute Gasteiger partial charge is 0.227 e. The van der Waals surface area contributed by atoms with Gasteiger partial charge in [-0.3, -0.25) is 19.9 Å². The highest BCUT2D eigenvalue weighted by atomic mass is 19.1. The van der Waals surface area contributed by atoms with Crippen LogP contribution >= 0.6 is 0 Å². The number of likely N-dealkylation sites (N-methyl/N-ethyl adjacent to an activating group) is 1. The Kier molecular flexibility index (Phi) is 6.86. The summed E-state index contributed by atoms with van der Waals surface area (Å²) in [7, 11) is 4.00. The molecule has 0 bridgehead atoms. The number of carbonyl (C=O) groups excluding carboxylic acids is 1. The molecule has 1 fully saturated rings. The van der Waals surface area contributed by atoms with Crippen molar-refractivity contribution in [3.8, 4) is 22.3 Å². The van der Waals surface area contributed by atoms with Crippen LogP contribution in [0.2, 0.25) is 0 Å². The van der Waals surface area contributed by atoms with Crippen LogP contribution in [0.5, 0.6) is 0 Å². The lowest BCUT2D eigenvalue weighted by Crippen LogP contribution is -2.20. The number of rotatable bonds is 9. The molecule has 0 saturated heterocycles. The number of hydrogen-bond donors (Lipinski definition) is 5. The lowest BCUT2D eigenvalue weighted by molar-refractivity contribution is -0.117. The van der Waals surface area contributed by atoms with E-state index in [-0.39, 0.29) is 23.8 Å². The fourth-order valence-electron chi connectivity index (χ4n) is 5.38. The molecule has 2 aliphatic rings. The molecule has 43 heavy (non-hydrogen) atoms. The molecular formula is C32H32FN9O. The molecule has 0 spiro atoms. The van der Waals surface area contributed by atoms with Gasteiger partial charge in [-0.1, -0.05) is 6.07 Å². The summed E-state index contributed by atoms with van der Waals surface area (Å²) < 4.78 is 14.7. The summed E-state index contributed by atoms with van der Waals surface area (Å²) in [5, 5.41) is 22.0. The first-order valence-electron chi connectivity index (χ1n) is 14.4. The number of pyridine rings is 2. The third kappa shape index (κ3) is 5.59. The number of nitrogens with zero attached hydrogens (tertiary/aromatic N) is 4. The maximum atomic E-state index is 14.7. The van der Waals surface area contributed by atoms with Crippen molar-refractivity contribution in [2.75, 3.05) is 48.5 Å². The molecule has 1 atom stereocenters. The summed E-state index contributed by atoms with van der Waals surface area (Å²) >= 11 is 0. The molecule has 5 N–H and O–H groups in total. The molecule has 5 aromatic rings. The number of aromatic nitrogens is 4.